The molecule has 0 bridgehead atoms. The highest BCUT2D eigenvalue weighted by molar-refractivity contribution is 5.84. The second kappa shape index (κ2) is 8.73. The number of rotatable bonds is 2. The maximum absolute atomic E-state index is 4.11. The molecule has 0 aliphatic carbocycles. The molecule has 0 aliphatic heterocycles. The normalized spacial score (nSPS) is 11.1. The van der Waals surface area contributed by atoms with Gasteiger partial charge in [0.25, 0.3) is 0 Å². The van der Waals surface area contributed by atoms with Crippen LogP contribution in [0.3, 0.4) is 0 Å². The minimum atomic E-state index is 0.607. The van der Waals surface area contributed by atoms with E-state index in [0.29, 0.717) is 5.92 Å². The third kappa shape index (κ3) is 3.59. The average molecular weight is 248 g/mol. The number of benzene rings is 1. The van der Waals surface area contributed by atoms with Gasteiger partial charge in [-0.05, 0) is 30.4 Å². The van der Waals surface area contributed by atoms with Crippen LogP contribution in [-0.2, 0) is 0 Å². The summed E-state index contributed by atoms with van der Waals surface area (Å²) in [5.74, 6) is 0.607. The minimum absolute atomic E-state index is 0.607. The summed E-state index contributed by atoms with van der Waals surface area (Å²) in [4.78, 5) is 0. The van der Waals surface area contributed by atoms with E-state index in [0.717, 1.165) is 0 Å². The molecular formula is C16H28N2. The quantitative estimate of drug-likeness (QED) is 0.753. The van der Waals surface area contributed by atoms with Gasteiger partial charge in [-0.15, -0.1) is 0 Å². The van der Waals surface area contributed by atoms with Crippen molar-refractivity contribution in [2.75, 3.05) is 0 Å². The van der Waals surface area contributed by atoms with Crippen molar-refractivity contribution in [3.05, 3.63) is 29.5 Å². The van der Waals surface area contributed by atoms with E-state index in [9.17, 15) is 0 Å². The van der Waals surface area contributed by atoms with E-state index in [2.05, 4.69) is 43.1 Å². The van der Waals surface area contributed by atoms with Crippen LogP contribution in [0.1, 0.15) is 65.0 Å². The Morgan fingerprint density at radius 3 is 2.33 bits per heavy atom. The first-order chi connectivity index (χ1) is 8.74. The summed E-state index contributed by atoms with van der Waals surface area (Å²) in [6, 6.07) is 4.39. The molecule has 2 aromatic rings. The first-order valence-corrected chi connectivity index (χ1v) is 7.16. The van der Waals surface area contributed by atoms with Crippen LogP contribution >= 0.6 is 0 Å². The molecular weight excluding hydrogens is 220 g/mol. The van der Waals surface area contributed by atoms with E-state index in [-0.39, 0.29) is 0 Å². The van der Waals surface area contributed by atoms with Crippen molar-refractivity contribution in [1.82, 2.24) is 10.2 Å². The van der Waals surface area contributed by atoms with Gasteiger partial charge in [-0.3, -0.25) is 5.10 Å². The summed E-state index contributed by atoms with van der Waals surface area (Å²) >= 11 is 0. The smallest absolute Gasteiger partial charge is 0.0682 e. The molecule has 0 aliphatic rings. The van der Waals surface area contributed by atoms with Crippen LogP contribution in [0.4, 0.5) is 0 Å². The van der Waals surface area contributed by atoms with Gasteiger partial charge in [0.2, 0.25) is 0 Å². The highest BCUT2D eigenvalue weighted by Gasteiger charge is 2.09. The number of hydrogen-bond acceptors (Lipinski definition) is 1. The lowest BCUT2D eigenvalue weighted by Gasteiger charge is -2.10. The first-order valence-electron chi connectivity index (χ1n) is 7.16. The lowest BCUT2D eigenvalue weighted by molar-refractivity contribution is 0.739. The minimum Gasteiger partial charge on any atom is -0.278 e. The molecule has 1 N–H and O–H groups in total. The summed E-state index contributed by atoms with van der Waals surface area (Å²) in [6.07, 6.45) is 3.10. The fourth-order valence-corrected chi connectivity index (χ4v) is 1.84. The molecule has 1 aromatic carbocycles. The molecule has 0 saturated heterocycles. The van der Waals surface area contributed by atoms with Crippen molar-refractivity contribution in [3.63, 3.8) is 0 Å². The average Bonchev–Trinajstić information content (AvgIpc) is 2.93. The molecule has 1 unspecified atom stereocenters. The second-order valence-corrected chi connectivity index (χ2v) is 3.94. The van der Waals surface area contributed by atoms with E-state index in [1.54, 1.807) is 0 Å². The Balaban J connectivity index is 0.000000659. The van der Waals surface area contributed by atoms with Crippen molar-refractivity contribution in [1.29, 1.82) is 0 Å². The molecule has 2 heteroatoms. The van der Waals surface area contributed by atoms with E-state index >= 15 is 0 Å². The first kappa shape index (κ1) is 16.7. The molecule has 18 heavy (non-hydrogen) atoms. The molecule has 1 heterocycles. The van der Waals surface area contributed by atoms with Crippen molar-refractivity contribution in [2.45, 2.75) is 60.8 Å². The van der Waals surface area contributed by atoms with Crippen LogP contribution in [-0.4, -0.2) is 10.2 Å². The number of H-pyrrole nitrogens is 1. The van der Waals surface area contributed by atoms with Gasteiger partial charge in [0, 0.05) is 5.39 Å². The number of fused-ring (bicyclic) bond motifs is 1. The van der Waals surface area contributed by atoms with Gasteiger partial charge < -0.3 is 0 Å². The molecule has 2 rings (SSSR count). The SMILES string of the molecule is CC.CC.CCC(C)c1ccc(C)c2[nH]ncc12. The van der Waals surface area contributed by atoms with Crippen LogP contribution in [0, 0.1) is 6.92 Å². The van der Waals surface area contributed by atoms with Gasteiger partial charge >= 0.3 is 0 Å². The maximum Gasteiger partial charge on any atom is 0.0682 e. The van der Waals surface area contributed by atoms with Crippen LogP contribution in [0.2, 0.25) is 0 Å². The zero-order valence-corrected chi connectivity index (χ0v) is 13.0. The maximum atomic E-state index is 4.11. The van der Waals surface area contributed by atoms with Crippen molar-refractivity contribution < 1.29 is 0 Å². The number of aromatic nitrogens is 2. The Labute approximate surface area is 112 Å². The van der Waals surface area contributed by atoms with E-state index in [1.165, 1.54) is 28.5 Å². The lowest BCUT2D eigenvalue weighted by atomic mass is 9.94. The Morgan fingerprint density at radius 2 is 1.78 bits per heavy atom. The lowest BCUT2D eigenvalue weighted by Crippen LogP contribution is -1.92. The molecule has 0 saturated carbocycles. The number of hydrogen-bond donors (Lipinski definition) is 1. The molecule has 0 fully saturated rings. The summed E-state index contributed by atoms with van der Waals surface area (Å²) in [5, 5.41) is 8.45. The van der Waals surface area contributed by atoms with Crippen LogP contribution in [0.15, 0.2) is 18.3 Å². The summed E-state index contributed by atoms with van der Waals surface area (Å²) in [7, 11) is 0. The predicted octanol–water partition coefficient (Wildman–Crippen LogP) is 5.44. The Bertz CT molecular complexity index is 443. The molecule has 1 atom stereocenters. The number of nitrogens with one attached hydrogen (secondary N) is 1. The summed E-state index contributed by atoms with van der Waals surface area (Å²) in [5.41, 5.74) is 3.86. The standard InChI is InChI=1S/C12H16N2.2C2H6/c1-4-8(2)10-6-5-9(3)12-11(10)7-13-14-12;2*1-2/h5-8H,4H2,1-3H3,(H,13,14);2*1-2H3. The summed E-state index contributed by atoms with van der Waals surface area (Å²) in [6.45, 7) is 14.6. The van der Waals surface area contributed by atoms with Crippen LogP contribution in [0.5, 0.6) is 0 Å². The highest BCUT2D eigenvalue weighted by Crippen LogP contribution is 2.27. The topological polar surface area (TPSA) is 28.7 Å². The third-order valence-corrected chi connectivity index (χ3v) is 3.00. The third-order valence-electron chi connectivity index (χ3n) is 3.00. The van der Waals surface area contributed by atoms with Crippen molar-refractivity contribution in [3.8, 4) is 0 Å². The van der Waals surface area contributed by atoms with E-state index < -0.39 is 0 Å². The van der Waals surface area contributed by atoms with Gasteiger partial charge in [-0.1, -0.05) is 53.7 Å². The molecule has 102 valence electrons. The van der Waals surface area contributed by atoms with Gasteiger partial charge in [-0.25, -0.2) is 0 Å². The molecule has 0 amide bonds. The number of nitrogens with zero attached hydrogens (tertiary/aromatic N) is 1. The Morgan fingerprint density at radius 1 is 1.17 bits per heavy atom. The van der Waals surface area contributed by atoms with Gasteiger partial charge in [0.05, 0.1) is 11.7 Å². The van der Waals surface area contributed by atoms with E-state index in [1.807, 2.05) is 33.9 Å². The largest absolute Gasteiger partial charge is 0.278 e. The second-order valence-electron chi connectivity index (χ2n) is 3.94. The summed E-state index contributed by atoms with van der Waals surface area (Å²) < 4.78 is 0. The Kier molecular flexibility index (Phi) is 8.10. The zero-order valence-electron chi connectivity index (χ0n) is 13.0. The fraction of sp³-hybridized carbons (Fsp3) is 0.562. The highest BCUT2D eigenvalue weighted by atomic mass is 15.1. The molecule has 2 nitrogen and oxygen atoms in total. The molecule has 0 spiro atoms. The number of aromatic amines is 1. The van der Waals surface area contributed by atoms with Gasteiger partial charge in [0.15, 0.2) is 0 Å². The van der Waals surface area contributed by atoms with Crippen molar-refractivity contribution in [2.24, 2.45) is 0 Å². The van der Waals surface area contributed by atoms with Crippen LogP contribution < -0.4 is 0 Å². The predicted molar refractivity (Wildman–Crippen MR) is 82.2 cm³/mol. The zero-order chi connectivity index (χ0) is 14.1. The number of aryl methyl sites for hydroxylation is 1. The van der Waals surface area contributed by atoms with Crippen molar-refractivity contribution >= 4 is 10.9 Å². The van der Waals surface area contributed by atoms with Gasteiger partial charge in [0.1, 0.15) is 0 Å². The fourth-order valence-electron chi connectivity index (χ4n) is 1.84. The van der Waals surface area contributed by atoms with Gasteiger partial charge in [-0.2, -0.15) is 5.10 Å². The molecule has 0 radical (unpaired) electrons. The van der Waals surface area contributed by atoms with E-state index in [4.69, 9.17) is 0 Å². The molecule has 1 aromatic heterocycles. The monoisotopic (exact) mass is 248 g/mol. The Hall–Kier alpha value is -1.31. The van der Waals surface area contributed by atoms with Crippen LogP contribution in [0.25, 0.3) is 10.9 Å².